The van der Waals surface area contributed by atoms with Gasteiger partial charge in [-0.1, -0.05) is 43.8 Å². The van der Waals surface area contributed by atoms with Crippen molar-refractivity contribution in [3.8, 4) is 5.75 Å². The number of pyridine rings is 1. The predicted molar refractivity (Wildman–Crippen MR) is 114 cm³/mol. The number of carbonyl (C=O) groups excluding carboxylic acids is 1. The average Bonchev–Trinajstić information content (AvgIpc) is 2.72. The molecule has 0 saturated carbocycles. The monoisotopic (exact) mass is 412 g/mol. The Kier molecular flexibility index (Phi) is 7.24. The van der Waals surface area contributed by atoms with E-state index < -0.39 is 0 Å². The molecule has 0 spiro atoms. The summed E-state index contributed by atoms with van der Waals surface area (Å²) in [6.45, 7) is 5.39. The molecular formula is C21H24N4O3S. The Labute approximate surface area is 173 Å². The molecular weight excluding hydrogens is 388 g/mol. The van der Waals surface area contributed by atoms with E-state index in [1.54, 1.807) is 22.9 Å². The maximum atomic E-state index is 12.8. The van der Waals surface area contributed by atoms with Crippen LogP contribution in [0.2, 0.25) is 0 Å². The molecule has 0 radical (unpaired) electrons. The van der Waals surface area contributed by atoms with Crippen LogP contribution in [0.4, 0.5) is 0 Å². The zero-order valence-corrected chi connectivity index (χ0v) is 17.3. The van der Waals surface area contributed by atoms with Crippen molar-refractivity contribution < 1.29 is 9.53 Å². The van der Waals surface area contributed by atoms with E-state index in [1.807, 2.05) is 44.2 Å². The molecule has 0 saturated heterocycles. The Hall–Kier alpha value is -2.87. The van der Waals surface area contributed by atoms with Gasteiger partial charge in [0.25, 0.3) is 5.56 Å². The van der Waals surface area contributed by atoms with Crippen molar-refractivity contribution in [2.24, 2.45) is 5.92 Å². The summed E-state index contributed by atoms with van der Waals surface area (Å²) in [5, 5.41) is 3.81. The number of nitrogens with zero attached hydrogens (tertiary/aromatic N) is 3. The highest BCUT2D eigenvalue weighted by Gasteiger charge is 2.14. The molecule has 0 aliphatic heterocycles. The molecule has 0 atom stereocenters. The van der Waals surface area contributed by atoms with Gasteiger partial charge in [0, 0.05) is 12.7 Å². The number of benzene rings is 1. The Balaban J connectivity index is 1.60. The van der Waals surface area contributed by atoms with Gasteiger partial charge in [0.15, 0.2) is 10.8 Å². The molecule has 1 N–H and O–H groups in total. The van der Waals surface area contributed by atoms with Gasteiger partial charge in [-0.2, -0.15) is 0 Å². The van der Waals surface area contributed by atoms with E-state index in [9.17, 15) is 9.59 Å². The standard InChI is InChI=1S/C21H24N4O3S/c1-15(2)13-25-20(27)17-9-6-10-23-19(17)24-21(25)29-14-18(26)22-11-12-28-16-7-4-3-5-8-16/h3-10,15H,11-14H2,1-2H3,(H,22,26). The van der Waals surface area contributed by atoms with Gasteiger partial charge in [-0.25, -0.2) is 9.97 Å². The smallest absolute Gasteiger partial charge is 0.263 e. The predicted octanol–water partition coefficient (Wildman–Crippen LogP) is 2.73. The molecule has 0 fully saturated rings. The second-order valence-corrected chi connectivity index (χ2v) is 7.82. The summed E-state index contributed by atoms with van der Waals surface area (Å²) in [6, 6.07) is 12.9. The van der Waals surface area contributed by atoms with Crippen LogP contribution in [-0.2, 0) is 11.3 Å². The van der Waals surface area contributed by atoms with E-state index in [-0.39, 0.29) is 23.1 Å². The summed E-state index contributed by atoms with van der Waals surface area (Å²) >= 11 is 1.24. The topological polar surface area (TPSA) is 86.1 Å². The zero-order chi connectivity index (χ0) is 20.6. The molecule has 2 heterocycles. The third kappa shape index (κ3) is 5.80. The summed E-state index contributed by atoms with van der Waals surface area (Å²) in [4.78, 5) is 33.7. The van der Waals surface area contributed by atoms with E-state index in [0.29, 0.717) is 35.9 Å². The quantitative estimate of drug-likeness (QED) is 0.330. The molecule has 7 nitrogen and oxygen atoms in total. The average molecular weight is 413 g/mol. The second kappa shape index (κ2) is 10.1. The number of thioether (sulfide) groups is 1. The fraction of sp³-hybridized carbons (Fsp3) is 0.333. The van der Waals surface area contributed by atoms with E-state index >= 15 is 0 Å². The molecule has 152 valence electrons. The van der Waals surface area contributed by atoms with Gasteiger partial charge in [0.1, 0.15) is 12.4 Å². The highest BCUT2D eigenvalue weighted by Crippen LogP contribution is 2.17. The summed E-state index contributed by atoms with van der Waals surface area (Å²) in [5.41, 5.74) is 0.271. The van der Waals surface area contributed by atoms with Gasteiger partial charge in [-0.3, -0.25) is 14.2 Å². The number of nitrogens with one attached hydrogen (secondary N) is 1. The van der Waals surface area contributed by atoms with Crippen LogP contribution in [0.25, 0.3) is 11.0 Å². The number of fused-ring (bicyclic) bond motifs is 1. The lowest BCUT2D eigenvalue weighted by Crippen LogP contribution is -2.30. The molecule has 8 heteroatoms. The molecule has 3 rings (SSSR count). The van der Waals surface area contributed by atoms with E-state index in [1.165, 1.54) is 11.8 Å². The minimum absolute atomic E-state index is 0.129. The lowest BCUT2D eigenvalue weighted by atomic mass is 10.2. The maximum Gasteiger partial charge on any atom is 0.263 e. The lowest BCUT2D eigenvalue weighted by Gasteiger charge is -2.14. The Morgan fingerprint density at radius 2 is 2.00 bits per heavy atom. The summed E-state index contributed by atoms with van der Waals surface area (Å²) in [7, 11) is 0. The van der Waals surface area contributed by atoms with Gasteiger partial charge >= 0.3 is 0 Å². The first kappa shape index (κ1) is 20.9. The molecule has 1 aromatic carbocycles. The first-order valence-electron chi connectivity index (χ1n) is 9.47. The number of amides is 1. The summed E-state index contributed by atoms with van der Waals surface area (Å²) in [6.07, 6.45) is 1.61. The maximum absolute atomic E-state index is 12.8. The Morgan fingerprint density at radius 1 is 1.21 bits per heavy atom. The van der Waals surface area contributed by atoms with Gasteiger partial charge in [-0.05, 0) is 30.2 Å². The largest absolute Gasteiger partial charge is 0.492 e. The van der Waals surface area contributed by atoms with E-state index in [2.05, 4.69) is 15.3 Å². The van der Waals surface area contributed by atoms with E-state index in [0.717, 1.165) is 5.75 Å². The van der Waals surface area contributed by atoms with E-state index in [4.69, 9.17) is 4.74 Å². The van der Waals surface area contributed by atoms with Gasteiger partial charge in [0.05, 0.1) is 17.7 Å². The van der Waals surface area contributed by atoms with Crippen molar-refractivity contribution in [2.45, 2.75) is 25.5 Å². The molecule has 0 unspecified atom stereocenters. The Bertz CT molecular complexity index is 1020. The van der Waals surface area contributed by atoms with Crippen LogP contribution >= 0.6 is 11.8 Å². The highest BCUT2D eigenvalue weighted by atomic mass is 32.2. The third-order valence-corrected chi connectivity index (χ3v) is 4.99. The molecule has 0 bridgehead atoms. The van der Waals surface area contributed by atoms with Crippen LogP contribution in [0, 0.1) is 5.92 Å². The Morgan fingerprint density at radius 3 is 2.76 bits per heavy atom. The third-order valence-electron chi connectivity index (χ3n) is 4.01. The van der Waals surface area contributed by atoms with Crippen LogP contribution in [0.5, 0.6) is 5.75 Å². The van der Waals surface area contributed by atoms with Crippen LogP contribution in [0.3, 0.4) is 0 Å². The summed E-state index contributed by atoms with van der Waals surface area (Å²) in [5.74, 6) is 1.06. The number of aromatic nitrogens is 3. The van der Waals surface area contributed by atoms with Crippen LogP contribution in [0.15, 0.2) is 58.6 Å². The van der Waals surface area contributed by atoms with Crippen molar-refractivity contribution in [1.29, 1.82) is 0 Å². The minimum atomic E-state index is -0.141. The minimum Gasteiger partial charge on any atom is -0.492 e. The number of para-hydroxylation sites is 1. The van der Waals surface area contributed by atoms with Crippen molar-refractivity contribution >= 4 is 28.7 Å². The summed E-state index contributed by atoms with van der Waals surface area (Å²) < 4.78 is 7.19. The van der Waals surface area contributed by atoms with Crippen molar-refractivity contribution in [2.75, 3.05) is 18.9 Å². The molecule has 0 aliphatic rings. The van der Waals surface area contributed by atoms with Crippen molar-refractivity contribution in [1.82, 2.24) is 19.9 Å². The molecule has 29 heavy (non-hydrogen) atoms. The number of rotatable bonds is 9. The van der Waals surface area contributed by atoms with Crippen LogP contribution < -0.4 is 15.6 Å². The fourth-order valence-corrected chi connectivity index (χ4v) is 3.56. The zero-order valence-electron chi connectivity index (χ0n) is 16.5. The highest BCUT2D eigenvalue weighted by molar-refractivity contribution is 7.99. The molecule has 2 aromatic heterocycles. The SMILES string of the molecule is CC(C)Cn1c(SCC(=O)NCCOc2ccccc2)nc2ncccc2c1=O. The first-order valence-corrected chi connectivity index (χ1v) is 10.5. The fourth-order valence-electron chi connectivity index (χ4n) is 2.73. The van der Waals surface area contributed by atoms with Gasteiger partial charge in [-0.15, -0.1) is 0 Å². The van der Waals surface area contributed by atoms with Crippen LogP contribution in [-0.4, -0.2) is 39.3 Å². The number of hydrogen-bond donors (Lipinski definition) is 1. The number of ether oxygens (including phenoxy) is 1. The molecule has 0 aliphatic carbocycles. The number of hydrogen-bond acceptors (Lipinski definition) is 6. The number of carbonyl (C=O) groups is 1. The van der Waals surface area contributed by atoms with Crippen LogP contribution in [0.1, 0.15) is 13.8 Å². The lowest BCUT2D eigenvalue weighted by molar-refractivity contribution is -0.118. The van der Waals surface area contributed by atoms with Crippen molar-refractivity contribution in [3.05, 3.63) is 59.0 Å². The normalized spacial score (nSPS) is 11.0. The van der Waals surface area contributed by atoms with Crippen molar-refractivity contribution in [3.63, 3.8) is 0 Å². The first-order chi connectivity index (χ1) is 14.0. The molecule has 3 aromatic rings. The molecule has 1 amide bonds. The van der Waals surface area contributed by atoms with Gasteiger partial charge in [0.2, 0.25) is 5.91 Å². The second-order valence-electron chi connectivity index (χ2n) is 6.88. The van der Waals surface area contributed by atoms with Gasteiger partial charge < -0.3 is 10.1 Å².